The predicted molar refractivity (Wildman–Crippen MR) is 239 cm³/mol. The van der Waals surface area contributed by atoms with E-state index in [0.717, 1.165) is 22.3 Å². The highest BCUT2D eigenvalue weighted by molar-refractivity contribution is 5.78. The van der Waals surface area contributed by atoms with Gasteiger partial charge in [-0.3, -0.25) is 40.5 Å². The molecule has 0 heterocycles. The first kappa shape index (κ1) is 41.1. The maximum Gasteiger partial charge on any atom is 0.254 e. The number of hydrogen-bond acceptors (Lipinski definition) is 8. The molecule has 4 aliphatic carbocycles. The van der Waals surface area contributed by atoms with Crippen LogP contribution in [-0.4, -0.2) is 41.8 Å². The molecule has 0 fully saturated rings. The second-order valence-corrected chi connectivity index (χ2v) is 16.2. The lowest BCUT2D eigenvalue weighted by molar-refractivity contribution is -0.655. The van der Waals surface area contributed by atoms with Gasteiger partial charge in [0.15, 0.2) is 0 Å². The summed E-state index contributed by atoms with van der Waals surface area (Å²) in [4.78, 5) is 54.4. The van der Waals surface area contributed by atoms with Crippen LogP contribution in [0.4, 0.5) is 0 Å². The summed E-state index contributed by atoms with van der Waals surface area (Å²) in [6, 6.07) is 36.4. The Morgan fingerprint density at radius 3 is 0.677 bits per heavy atom. The van der Waals surface area contributed by atoms with Crippen molar-refractivity contribution in [3.8, 4) is 0 Å². The van der Waals surface area contributed by atoms with Gasteiger partial charge in [0.05, 0.1) is 0 Å². The summed E-state index contributed by atoms with van der Waals surface area (Å²) in [6.45, 7) is 0. The Balaban J connectivity index is 1.41. The van der Waals surface area contributed by atoms with Gasteiger partial charge in [-0.25, -0.2) is 0 Å². The normalized spacial score (nSPS) is 26.3. The zero-order valence-corrected chi connectivity index (χ0v) is 33.5. The molecule has 0 radical (unpaired) electrons. The smallest absolute Gasteiger partial charge is 0.254 e. The van der Waals surface area contributed by atoms with Crippen LogP contribution in [0.15, 0.2) is 194 Å². The van der Waals surface area contributed by atoms with Crippen molar-refractivity contribution in [3.05, 3.63) is 257 Å². The van der Waals surface area contributed by atoms with E-state index in [1.165, 1.54) is 48.6 Å². The van der Waals surface area contributed by atoms with Crippen LogP contribution in [0, 0.1) is 52.3 Å². The first-order valence-corrected chi connectivity index (χ1v) is 20.3. The SMILES string of the molecule is O=[N+]([O-])C1(C(C(C2([N+](=O)[O-])C=CC(c3ccccc3)=CC2)C2([N+](=O)[O-])C=CC(c3ccccc3)=CC2)C2([N+](=O)[O-])C=CC(c3ccccc3)=CC2)C=CC(c2ccccc2)=CC1. The average Bonchev–Trinajstić information content (AvgIpc) is 3.32. The molecule has 0 spiro atoms. The molecule has 12 nitrogen and oxygen atoms in total. The van der Waals surface area contributed by atoms with Crippen molar-refractivity contribution in [2.24, 2.45) is 11.8 Å². The Morgan fingerprint density at radius 2 is 0.532 bits per heavy atom. The molecular formula is C50H42N4O8. The van der Waals surface area contributed by atoms with Crippen molar-refractivity contribution in [2.75, 3.05) is 0 Å². The lowest BCUT2D eigenvalue weighted by Gasteiger charge is -2.49. The van der Waals surface area contributed by atoms with Crippen molar-refractivity contribution in [1.82, 2.24) is 0 Å². The van der Waals surface area contributed by atoms with Crippen molar-refractivity contribution < 1.29 is 19.7 Å². The average molecular weight is 827 g/mol. The van der Waals surface area contributed by atoms with Crippen LogP contribution >= 0.6 is 0 Å². The number of hydrogen-bond donors (Lipinski definition) is 0. The summed E-state index contributed by atoms with van der Waals surface area (Å²) in [6.07, 6.45) is 15.9. The monoisotopic (exact) mass is 826 g/mol. The maximum absolute atomic E-state index is 14.2. The second-order valence-electron chi connectivity index (χ2n) is 16.2. The lowest BCUT2D eigenvalue weighted by atomic mass is 9.50. The van der Waals surface area contributed by atoms with Crippen LogP contribution in [0.25, 0.3) is 22.3 Å². The summed E-state index contributed by atoms with van der Waals surface area (Å²) >= 11 is 0. The van der Waals surface area contributed by atoms with Gasteiger partial charge in [-0.15, -0.1) is 0 Å². The molecule has 0 aliphatic heterocycles. The van der Waals surface area contributed by atoms with E-state index >= 15 is 0 Å². The minimum Gasteiger partial charge on any atom is -0.264 e. The van der Waals surface area contributed by atoms with Gasteiger partial charge < -0.3 is 0 Å². The molecule has 4 unspecified atom stereocenters. The molecular weight excluding hydrogens is 785 g/mol. The molecule has 0 aromatic heterocycles. The molecule has 4 aromatic carbocycles. The fourth-order valence-electron chi connectivity index (χ4n) is 9.89. The molecule has 4 aromatic rings. The van der Waals surface area contributed by atoms with Gasteiger partial charge >= 0.3 is 0 Å². The Bertz CT molecular complexity index is 2300. The number of nitrogens with zero attached hydrogens (tertiary/aromatic N) is 4. The first-order valence-electron chi connectivity index (χ1n) is 20.3. The summed E-state index contributed by atoms with van der Waals surface area (Å²) in [5.41, 5.74) is -4.49. The Morgan fingerprint density at radius 1 is 0.339 bits per heavy atom. The van der Waals surface area contributed by atoms with Gasteiger partial charge in [-0.05, 0) is 68.9 Å². The van der Waals surface area contributed by atoms with E-state index in [1.807, 2.05) is 121 Å². The predicted octanol–water partition coefficient (Wildman–Crippen LogP) is 10.5. The van der Waals surface area contributed by atoms with Gasteiger partial charge in [-0.1, -0.05) is 170 Å². The molecule has 0 saturated heterocycles. The molecule has 12 heteroatoms. The van der Waals surface area contributed by atoms with Gasteiger partial charge in [0, 0.05) is 45.4 Å². The number of nitro groups is 4. The zero-order valence-electron chi connectivity index (χ0n) is 33.5. The summed E-state index contributed by atoms with van der Waals surface area (Å²) in [7, 11) is 0. The largest absolute Gasteiger partial charge is 0.264 e. The zero-order chi connectivity index (χ0) is 43.5. The molecule has 0 saturated carbocycles. The third-order valence-electron chi connectivity index (χ3n) is 13.1. The van der Waals surface area contributed by atoms with E-state index in [0.29, 0.717) is 22.3 Å². The Hall–Kier alpha value is -7.60. The fraction of sp³-hybridized carbons (Fsp3) is 0.200. The molecule has 4 aliphatic rings. The minimum absolute atomic E-state index is 0.439. The van der Waals surface area contributed by atoms with Crippen LogP contribution < -0.4 is 0 Å². The molecule has 0 bridgehead atoms. The molecule has 4 atom stereocenters. The highest BCUT2D eigenvalue weighted by Crippen LogP contribution is 2.58. The van der Waals surface area contributed by atoms with E-state index < -0.39 is 79.4 Å². The maximum atomic E-state index is 14.2. The fourth-order valence-corrected chi connectivity index (χ4v) is 9.89. The number of rotatable bonds is 13. The van der Waals surface area contributed by atoms with Gasteiger partial charge in [0.25, 0.3) is 22.2 Å². The molecule has 8 rings (SSSR count). The summed E-state index contributed by atoms with van der Waals surface area (Å²) in [5, 5.41) is 56.8. The third kappa shape index (κ3) is 7.02. The van der Waals surface area contributed by atoms with Crippen LogP contribution in [-0.2, 0) is 0 Å². The van der Waals surface area contributed by atoms with E-state index in [1.54, 1.807) is 24.3 Å². The van der Waals surface area contributed by atoms with Crippen LogP contribution in [0.2, 0.25) is 0 Å². The molecule has 0 amide bonds. The van der Waals surface area contributed by atoms with Gasteiger partial charge in [0.1, 0.15) is 11.8 Å². The summed E-state index contributed by atoms with van der Waals surface area (Å²) in [5.74, 6) is -4.00. The number of allylic oxidation sites excluding steroid dienone is 8. The van der Waals surface area contributed by atoms with Crippen LogP contribution in [0.1, 0.15) is 47.9 Å². The third-order valence-corrected chi connectivity index (χ3v) is 13.1. The van der Waals surface area contributed by atoms with Crippen molar-refractivity contribution in [2.45, 2.75) is 47.8 Å². The second kappa shape index (κ2) is 16.5. The Kier molecular flexibility index (Phi) is 10.9. The van der Waals surface area contributed by atoms with Crippen LogP contribution in [0.5, 0.6) is 0 Å². The lowest BCUT2D eigenvalue weighted by Crippen LogP contribution is -2.71. The highest BCUT2D eigenvalue weighted by Gasteiger charge is 2.78. The molecule has 62 heavy (non-hydrogen) atoms. The van der Waals surface area contributed by atoms with Gasteiger partial charge in [-0.2, -0.15) is 0 Å². The van der Waals surface area contributed by atoms with Crippen LogP contribution in [0.3, 0.4) is 0 Å². The van der Waals surface area contributed by atoms with E-state index in [4.69, 9.17) is 0 Å². The first-order chi connectivity index (χ1) is 30.0. The molecule has 0 N–H and O–H groups in total. The molecule has 310 valence electrons. The van der Waals surface area contributed by atoms with Gasteiger partial charge in [0.2, 0.25) is 0 Å². The van der Waals surface area contributed by atoms with E-state index in [-0.39, 0.29) is 0 Å². The van der Waals surface area contributed by atoms with Crippen molar-refractivity contribution >= 4 is 22.3 Å². The minimum atomic E-state index is -2.46. The van der Waals surface area contributed by atoms with Crippen molar-refractivity contribution in [1.29, 1.82) is 0 Å². The van der Waals surface area contributed by atoms with E-state index in [9.17, 15) is 40.5 Å². The topological polar surface area (TPSA) is 173 Å². The standard InChI is InChI=1S/C50H42N4O8/c55-51(56)47(29-21-41(22-30-47)37-13-5-1-6-14-37)45(48(52(57)58)31-23-42(24-32-48)38-15-7-2-8-16-38)46(49(53(59)60)33-25-43(26-34-49)39-17-9-3-10-18-39)50(54(61)62)35-27-44(28-36-50)40-19-11-4-12-20-40/h1-29,31,33,35,45-46H,30,32,34,36H2. The summed E-state index contributed by atoms with van der Waals surface area (Å²) < 4.78 is 0. The quantitative estimate of drug-likeness (QED) is 0.0946. The van der Waals surface area contributed by atoms with Crippen molar-refractivity contribution in [3.63, 3.8) is 0 Å². The highest BCUT2D eigenvalue weighted by atomic mass is 16.6. The van der Waals surface area contributed by atoms with E-state index in [2.05, 4.69) is 0 Å². The number of benzene rings is 4. The Labute approximate surface area is 357 Å².